The average molecular weight is 431 g/mol. The number of esters is 1. The highest BCUT2D eigenvalue weighted by atomic mass is 35.5. The van der Waals surface area contributed by atoms with Crippen LogP contribution in [0.1, 0.15) is 12.0 Å². The smallest absolute Gasteiger partial charge is 0.306 e. The maximum absolute atomic E-state index is 14.0. The third kappa shape index (κ3) is 6.44. The Balaban J connectivity index is 2.11. The van der Waals surface area contributed by atoms with Crippen molar-refractivity contribution in [3.63, 3.8) is 0 Å². The summed E-state index contributed by atoms with van der Waals surface area (Å²) >= 11 is 11.9. The molecule has 28 heavy (non-hydrogen) atoms. The van der Waals surface area contributed by atoms with Crippen molar-refractivity contribution >= 4 is 40.8 Å². The molecule has 0 radical (unpaired) electrons. The van der Waals surface area contributed by atoms with Crippen LogP contribution in [0.2, 0.25) is 10.0 Å². The van der Waals surface area contributed by atoms with Crippen LogP contribution in [0.3, 0.4) is 0 Å². The monoisotopic (exact) mass is 430 g/mol. The molecule has 0 bridgehead atoms. The van der Waals surface area contributed by atoms with Crippen molar-refractivity contribution < 1.29 is 23.1 Å². The molecule has 0 aromatic heterocycles. The molecule has 5 nitrogen and oxygen atoms in total. The van der Waals surface area contributed by atoms with Gasteiger partial charge in [-0.2, -0.15) is 0 Å². The molecule has 1 N–H and O–H groups in total. The molecular formula is C19H18Cl2F2N2O3. The largest absolute Gasteiger partial charge is 0.469 e. The molecule has 150 valence electrons. The van der Waals surface area contributed by atoms with Crippen molar-refractivity contribution in [2.24, 2.45) is 0 Å². The molecule has 0 aliphatic carbocycles. The van der Waals surface area contributed by atoms with Crippen LogP contribution in [0.15, 0.2) is 36.4 Å². The Morgan fingerprint density at radius 1 is 1.18 bits per heavy atom. The number of hydrogen-bond acceptors (Lipinski definition) is 4. The van der Waals surface area contributed by atoms with Crippen molar-refractivity contribution in [2.75, 3.05) is 25.5 Å². The van der Waals surface area contributed by atoms with Gasteiger partial charge in [0, 0.05) is 23.7 Å². The zero-order chi connectivity index (χ0) is 20.7. The van der Waals surface area contributed by atoms with Gasteiger partial charge in [-0.05, 0) is 24.3 Å². The number of anilines is 1. The van der Waals surface area contributed by atoms with Crippen LogP contribution in [0.25, 0.3) is 0 Å². The Morgan fingerprint density at radius 2 is 1.93 bits per heavy atom. The van der Waals surface area contributed by atoms with Gasteiger partial charge in [-0.1, -0.05) is 35.3 Å². The Morgan fingerprint density at radius 3 is 2.64 bits per heavy atom. The van der Waals surface area contributed by atoms with Gasteiger partial charge in [0.05, 0.1) is 30.8 Å². The second kappa shape index (κ2) is 10.4. The van der Waals surface area contributed by atoms with Crippen LogP contribution in [0, 0.1) is 11.6 Å². The van der Waals surface area contributed by atoms with Gasteiger partial charge in [0.15, 0.2) is 11.6 Å². The lowest BCUT2D eigenvalue weighted by atomic mass is 10.2. The topological polar surface area (TPSA) is 58.6 Å². The van der Waals surface area contributed by atoms with Gasteiger partial charge in [-0.15, -0.1) is 0 Å². The molecule has 0 unspecified atom stereocenters. The zero-order valence-electron chi connectivity index (χ0n) is 15.0. The number of rotatable bonds is 8. The molecule has 0 saturated carbocycles. The highest BCUT2D eigenvalue weighted by Crippen LogP contribution is 2.25. The van der Waals surface area contributed by atoms with Gasteiger partial charge in [0.2, 0.25) is 5.91 Å². The van der Waals surface area contributed by atoms with E-state index in [0.717, 1.165) is 6.07 Å². The number of nitrogens with one attached hydrogen (secondary N) is 1. The Kier molecular flexibility index (Phi) is 8.17. The standard InChI is InChI=1S/C19H18Cl2F2N2O3/c1-28-18(27)7-8-25(10-12-3-2-4-15(22)19(12)23)11-17(26)24-16-9-13(20)5-6-14(16)21/h2-6,9H,7-8,10-11H2,1H3,(H,24,26). The summed E-state index contributed by atoms with van der Waals surface area (Å²) < 4.78 is 32.0. The maximum Gasteiger partial charge on any atom is 0.306 e. The normalized spacial score (nSPS) is 10.8. The highest BCUT2D eigenvalue weighted by molar-refractivity contribution is 6.35. The predicted octanol–water partition coefficient (Wildman–Crippen LogP) is 4.28. The number of ether oxygens (including phenoxy) is 1. The minimum absolute atomic E-state index is 0.0152. The summed E-state index contributed by atoms with van der Waals surface area (Å²) in [6.45, 7) is -0.146. The third-order valence-corrected chi connectivity index (χ3v) is 4.42. The first-order valence-electron chi connectivity index (χ1n) is 8.27. The van der Waals surface area contributed by atoms with Crippen LogP contribution < -0.4 is 5.32 Å². The van der Waals surface area contributed by atoms with E-state index >= 15 is 0 Å². The fourth-order valence-corrected chi connectivity index (χ4v) is 2.80. The van der Waals surface area contributed by atoms with E-state index in [-0.39, 0.29) is 31.6 Å². The summed E-state index contributed by atoms with van der Waals surface area (Å²) in [5.74, 6) is -2.92. The molecule has 2 rings (SSSR count). The van der Waals surface area contributed by atoms with Gasteiger partial charge in [-0.25, -0.2) is 8.78 Å². The molecule has 1 amide bonds. The summed E-state index contributed by atoms with van der Waals surface area (Å²) in [6.07, 6.45) is -0.0152. The fraction of sp³-hybridized carbons (Fsp3) is 0.263. The van der Waals surface area contributed by atoms with Crippen molar-refractivity contribution in [3.8, 4) is 0 Å². The predicted molar refractivity (Wildman–Crippen MR) is 103 cm³/mol. The Hall–Kier alpha value is -2.22. The third-order valence-electron chi connectivity index (χ3n) is 3.86. The molecule has 2 aromatic carbocycles. The molecule has 0 aliphatic rings. The van der Waals surface area contributed by atoms with Crippen LogP contribution in [-0.2, 0) is 20.9 Å². The van der Waals surface area contributed by atoms with Crippen molar-refractivity contribution in [3.05, 3.63) is 63.6 Å². The van der Waals surface area contributed by atoms with Crippen LogP contribution in [-0.4, -0.2) is 37.0 Å². The minimum atomic E-state index is -0.996. The fourth-order valence-electron chi connectivity index (χ4n) is 2.46. The Bertz CT molecular complexity index is 865. The summed E-state index contributed by atoms with van der Waals surface area (Å²) in [7, 11) is 1.24. The van der Waals surface area contributed by atoms with E-state index in [1.54, 1.807) is 6.07 Å². The van der Waals surface area contributed by atoms with E-state index in [1.165, 1.54) is 36.3 Å². The molecule has 0 spiro atoms. The molecule has 0 aliphatic heterocycles. The molecule has 0 heterocycles. The Labute approximate surface area is 171 Å². The molecule has 2 aromatic rings. The molecule has 0 fully saturated rings. The highest BCUT2D eigenvalue weighted by Gasteiger charge is 2.17. The lowest BCUT2D eigenvalue weighted by Gasteiger charge is -2.22. The summed E-state index contributed by atoms with van der Waals surface area (Å²) in [6, 6.07) is 8.40. The van der Waals surface area contributed by atoms with Crippen molar-refractivity contribution in [1.29, 1.82) is 0 Å². The second-order valence-electron chi connectivity index (χ2n) is 5.92. The van der Waals surface area contributed by atoms with Crippen molar-refractivity contribution in [2.45, 2.75) is 13.0 Å². The molecule has 0 atom stereocenters. The van der Waals surface area contributed by atoms with Gasteiger partial charge < -0.3 is 10.1 Å². The van der Waals surface area contributed by atoms with E-state index in [2.05, 4.69) is 10.1 Å². The van der Waals surface area contributed by atoms with E-state index in [4.69, 9.17) is 23.2 Å². The lowest BCUT2D eigenvalue weighted by molar-refractivity contribution is -0.141. The summed E-state index contributed by atoms with van der Waals surface area (Å²) in [4.78, 5) is 25.3. The van der Waals surface area contributed by atoms with E-state index < -0.39 is 23.5 Å². The number of methoxy groups -OCH3 is 1. The number of amides is 1. The second-order valence-corrected chi connectivity index (χ2v) is 6.77. The van der Waals surface area contributed by atoms with Gasteiger partial charge in [-0.3, -0.25) is 14.5 Å². The number of benzene rings is 2. The van der Waals surface area contributed by atoms with Crippen LogP contribution in [0.4, 0.5) is 14.5 Å². The first kappa shape index (κ1) is 22.1. The number of carbonyl (C=O) groups excluding carboxylic acids is 2. The quantitative estimate of drug-likeness (QED) is 0.635. The molecule has 0 saturated heterocycles. The van der Waals surface area contributed by atoms with Crippen molar-refractivity contribution in [1.82, 2.24) is 4.90 Å². The lowest BCUT2D eigenvalue weighted by Crippen LogP contribution is -2.35. The van der Waals surface area contributed by atoms with Gasteiger partial charge in [0.1, 0.15) is 0 Å². The van der Waals surface area contributed by atoms with E-state index in [1.807, 2.05) is 0 Å². The van der Waals surface area contributed by atoms with Crippen LogP contribution >= 0.6 is 23.2 Å². The number of hydrogen-bond donors (Lipinski definition) is 1. The number of halogens is 4. The van der Waals surface area contributed by atoms with Crippen LogP contribution in [0.5, 0.6) is 0 Å². The van der Waals surface area contributed by atoms with Gasteiger partial charge in [0.25, 0.3) is 0 Å². The number of nitrogens with zero attached hydrogens (tertiary/aromatic N) is 1. The molecular weight excluding hydrogens is 413 g/mol. The summed E-state index contributed by atoms with van der Waals surface area (Å²) in [5, 5.41) is 3.31. The maximum atomic E-state index is 14.0. The number of carbonyl (C=O) groups is 2. The minimum Gasteiger partial charge on any atom is -0.469 e. The van der Waals surface area contributed by atoms with Gasteiger partial charge >= 0.3 is 5.97 Å². The SMILES string of the molecule is COC(=O)CCN(CC(=O)Nc1cc(Cl)ccc1Cl)Cc1cccc(F)c1F. The first-order valence-corrected chi connectivity index (χ1v) is 9.02. The van der Waals surface area contributed by atoms with E-state index in [9.17, 15) is 18.4 Å². The molecule has 9 heteroatoms. The first-order chi connectivity index (χ1) is 13.3. The van der Waals surface area contributed by atoms with E-state index in [0.29, 0.717) is 15.7 Å². The summed E-state index contributed by atoms with van der Waals surface area (Å²) in [5.41, 5.74) is 0.391. The zero-order valence-corrected chi connectivity index (χ0v) is 16.5. The average Bonchev–Trinajstić information content (AvgIpc) is 2.66.